The Morgan fingerprint density at radius 2 is 1.87 bits per heavy atom. The molecule has 4 rings (SSSR count). The molecular weight excluding hydrogens is 442 g/mol. The predicted molar refractivity (Wildman–Crippen MR) is 115 cm³/mol. The molecule has 2 heterocycles. The molecule has 3 aromatic rings. The van der Waals surface area contributed by atoms with Gasteiger partial charge in [-0.3, -0.25) is 10.1 Å². The minimum absolute atomic E-state index is 0.0494. The molecule has 1 aromatic heterocycles. The van der Waals surface area contributed by atoms with Crippen LogP contribution < -0.4 is 5.32 Å². The lowest BCUT2D eigenvalue weighted by molar-refractivity contribution is 0.0730. The number of ether oxygens (including phenoxy) is 1. The fourth-order valence-corrected chi connectivity index (χ4v) is 5.05. The average molecular weight is 462 g/mol. The summed E-state index contributed by atoms with van der Waals surface area (Å²) in [5, 5.41) is 6.88. The third kappa shape index (κ3) is 4.93. The first-order valence-electron chi connectivity index (χ1n) is 9.56. The Labute approximate surface area is 184 Å². The van der Waals surface area contributed by atoms with Gasteiger partial charge in [-0.15, -0.1) is 5.10 Å². The Balaban J connectivity index is 1.50. The molecule has 0 saturated carbocycles. The molecule has 1 aliphatic heterocycles. The van der Waals surface area contributed by atoms with Gasteiger partial charge in [0.25, 0.3) is 5.91 Å². The summed E-state index contributed by atoms with van der Waals surface area (Å²) in [6, 6.07) is 13.8. The van der Waals surface area contributed by atoms with Gasteiger partial charge < -0.3 is 4.74 Å². The van der Waals surface area contributed by atoms with Crippen molar-refractivity contribution >= 4 is 33.5 Å². The van der Waals surface area contributed by atoms with Gasteiger partial charge in [-0.2, -0.15) is 4.31 Å². The molecule has 1 saturated heterocycles. The van der Waals surface area contributed by atoms with Crippen molar-refractivity contribution in [1.82, 2.24) is 19.1 Å². The van der Waals surface area contributed by atoms with E-state index in [9.17, 15) is 13.2 Å². The zero-order valence-electron chi connectivity index (χ0n) is 16.4. The van der Waals surface area contributed by atoms with E-state index in [2.05, 4.69) is 15.4 Å². The number of carbonyl (C=O) groups is 1. The van der Waals surface area contributed by atoms with Gasteiger partial charge in [0.05, 0.1) is 24.8 Å². The second-order valence-electron chi connectivity index (χ2n) is 6.87. The van der Waals surface area contributed by atoms with E-state index in [1.54, 1.807) is 4.68 Å². The van der Waals surface area contributed by atoms with Crippen molar-refractivity contribution < 1.29 is 17.9 Å². The van der Waals surface area contributed by atoms with Crippen molar-refractivity contribution in [2.75, 3.05) is 31.6 Å². The van der Waals surface area contributed by atoms with E-state index in [0.717, 1.165) is 5.56 Å². The molecule has 0 aliphatic carbocycles. The van der Waals surface area contributed by atoms with Crippen LogP contribution in [-0.2, 0) is 21.3 Å². The van der Waals surface area contributed by atoms with Gasteiger partial charge >= 0.3 is 0 Å². The van der Waals surface area contributed by atoms with E-state index >= 15 is 0 Å². The smallest absolute Gasteiger partial charge is 0.258 e. The number of anilines is 1. The number of amides is 1. The van der Waals surface area contributed by atoms with Crippen LogP contribution in [0, 0.1) is 0 Å². The van der Waals surface area contributed by atoms with Crippen LogP contribution in [-0.4, -0.2) is 59.7 Å². The zero-order chi connectivity index (χ0) is 21.8. The summed E-state index contributed by atoms with van der Waals surface area (Å²) in [6.45, 7) is 1.60. The molecule has 31 heavy (non-hydrogen) atoms. The molecule has 0 spiro atoms. The summed E-state index contributed by atoms with van der Waals surface area (Å²) in [4.78, 5) is 16.7. The molecule has 1 amide bonds. The lowest BCUT2D eigenvalue weighted by Gasteiger charge is -2.26. The average Bonchev–Trinajstić information content (AvgIpc) is 3.21. The van der Waals surface area contributed by atoms with Crippen LogP contribution in [0.4, 0.5) is 5.95 Å². The highest BCUT2D eigenvalue weighted by Crippen LogP contribution is 2.26. The third-order valence-corrected chi connectivity index (χ3v) is 7.11. The lowest BCUT2D eigenvalue weighted by Crippen LogP contribution is -2.40. The van der Waals surface area contributed by atoms with Crippen LogP contribution in [0.15, 0.2) is 59.8 Å². The van der Waals surface area contributed by atoms with E-state index in [1.165, 1.54) is 28.8 Å². The van der Waals surface area contributed by atoms with Gasteiger partial charge in [0.2, 0.25) is 16.0 Å². The number of hydrogen-bond donors (Lipinski definition) is 1. The summed E-state index contributed by atoms with van der Waals surface area (Å²) >= 11 is 6.15. The van der Waals surface area contributed by atoms with Gasteiger partial charge in [0.15, 0.2) is 0 Å². The molecule has 2 aromatic carbocycles. The van der Waals surface area contributed by atoms with Gasteiger partial charge in [-0.25, -0.2) is 18.1 Å². The van der Waals surface area contributed by atoms with Gasteiger partial charge in [0.1, 0.15) is 11.2 Å². The molecule has 1 fully saturated rings. The first kappa shape index (κ1) is 21.4. The number of morpholine rings is 1. The first-order chi connectivity index (χ1) is 14.9. The predicted octanol–water partition coefficient (Wildman–Crippen LogP) is 2.25. The highest BCUT2D eigenvalue weighted by molar-refractivity contribution is 7.89. The summed E-state index contributed by atoms with van der Waals surface area (Å²) in [5.41, 5.74) is 1.18. The maximum Gasteiger partial charge on any atom is 0.258 e. The largest absolute Gasteiger partial charge is 0.379 e. The number of hydrogen-bond acceptors (Lipinski definition) is 6. The number of halogens is 1. The lowest BCUT2D eigenvalue weighted by atomic mass is 10.2. The first-order valence-corrected chi connectivity index (χ1v) is 11.4. The van der Waals surface area contributed by atoms with Crippen molar-refractivity contribution in [3.05, 3.63) is 71.0 Å². The molecule has 1 N–H and O–H groups in total. The minimum atomic E-state index is -3.85. The minimum Gasteiger partial charge on any atom is -0.379 e. The van der Waals surface area contributed by atoms with E-state index in [1.807, 2.05) is 30.3 Å². The van der Waals surface area contributed by atoms with Gasteiger partial charge in [0, 0.05) is 18.7 Å². The molecule has 162 valence electrons. The standard InChI is InChI=1S/C20H20ClN5O4S/c21-17-7-6-16(12-18(17)31(28,29)26-8-10-30-11-9-26)19(27)23-20-22-14-25(24-20)13-15-4-2-1-3-5-15/h1-7,12,14H,8-11,13H2,(H,23,24,27). The van der Waals surface area contributed by atoms with Crippen LogP contribution in [0.25, 0.3) is 0 Å². The van der Waals surface area contributed by atoms with Crippen LogP contribution in [0.2, 0.25) is 5.02 Å². The molecule has 0 radical (unpaired) electrons. The second kappa shape index (κ2) is 9.15. The number of nitrogens with zero attached hydrogens (tertiary/aromatic N) is 4. The van der Waals surface area contributed by atoms with Crippen molar-refractivity contribution in [3.63, 3.8) is 0 Å². The fraction of sp³-hybridized carbons (Fsp3) is 0.250. The normalized spacial score (nSPS) is 15.0. The number of nitrogens with one attached hydrogen (secondary N) is 1. The zero-order valence-corrected chi connectivity index (χ0v) is 18.0. The van der Waals surface area contributed by atoms with Crippen LogP contribution in [0.3, 0.4) is 0 Å². The van der Waals surface area contributed by atoms with Gasteiger partial charge in [-0.05, 0) is 23.8 Å². The van der Waals surface area contributed by atoms with Crippen molar-refractivity contribution in [2.24, 2.45) is 0 Å². The Hall–Kier alpha value is -2.79. The Morgan fingerprint density at radius 3 is 2.61 bits per heavy atom. The third-order valence-electron chi connectivity index (χ3n) is 4.73. The molecule has 0 bridgehead atoms. The number of carbonyl (C=O) groups excluding carboxylic acids is 1. The maximum atomic E-state index is 12.9. The Morgan fingerprint density at radius 1 is 1.13 bits per heavy atom. The summed E-state index contributed by atoms with van der Waals surface area (Å²) in [7, 11) is -3.85. The van der Waals surface area contributed by atoms with Crippen LogP contribution in [0.1, 0.15) is 15.9 Å². The molecule has 11 heteroatoms. The SMILES string of the molecule is O=C(Nc1ncn(Cc2ccccc2)n1)c1ccc(Cl)c(S(=O)(=O)N2CCOCC2)c1. The number of sulfonamides is 1. The highest BCUT2D eigenvalue weighted by atomic mass is 35.5. The number of aromatic nitrogens is 3. The molecule has 9 nitrogen and oxygen atoms in total. The van der Waals surface area contributed by atoms with E-state index in [-0.39, 0.29) is 34.5 Å². The number of benzene rings is 2. The Bertz CT molecular complexity index is 1180. The monoisotopic (exact) mass is 461 g/mol. The number of rotatable bonds is 6. The summed E-state index contributed by atoms with van der Waals surface area (Å²) < 4.78 is 34.0. The molecule has 0 unspecified atom stereocenters. The maximum absolute atomic E-state index is 12.9. The molecular formula is C20H20ClN5O4S. The quantitative estimate of drug-likeness (QED) is 0.603. The van der Waals surface area contributed by atoms with Gasteiger partial charge in [-0.1, -0.05) is 41.9 Å². The highest BCUT2D eigenvalue weighted by Gasteiger charge is 2.29. The topological polar surface area (TPSA) is 106 Å². The summed E-state index contributed by atoms with van der Waals surface area (Å²) in [6.07, 6.45) is 1.51. The van der Waals surface area contributed by atoms with Crippen molar-refractivity contribution in [3.8, 4) is 0 Å². The van der Waals surface area contributed by atoms with E-state index in [0.29, 0.717) is 19.8 Å². The van der Waals surface area contributed by atoms with Crippen molar-refractivity contribution in [1.29, 1.82) is 0 Å². The van der Waals surface area contributed by atoms with Crippen LogP contribution in [0.5, 0.6) is 0 Å². The van der Waals surface area contributed by atoms with E-state index < -0.39 is 15.9 Å². The summed E-state index contributed by atoms with van der Waals surface area (Å²) in [5.74, 6) is -0.416. The Kier molecular flexibility index (Phi) is 6.33. The molecule has 0 atom stereocenters. The fourth-order valence-electron chi connectivity index (χ4n) is 3.14. The van der Waals surface area contributed by atoms with Crippen LogP contribution >= 0.6 is 11.6 Å². The van der Waals surface area contributed by atoms with E-state index in [4.69, 9.17) is 16.3 Å². The van der Waals surface area contributed by atoms with Crippen molar-refractivity contribution in [2.45, 2.75) is 11.4 Å². The molecule has 1 aliphatic rings. The second-order valence-corrected chi connectivity index (χ2v) is 9.18.